The lowest BCUT2D eigenvalue weighted by Crippen LogP contribution is -2.47. The topological polar surface area (TPSA) is 63.4 Å². The fourth-order valence-electron chi connectivity index (χ4n) is 6.08. The molecule has 5 heterocycles. The van der Waals surface area contributed by atoms with E-state index in [-0.39, 0.29) is 12.7 Å². The summed E-state index contributed by atoms with van der Waals surface area (Å²) in [5.41, 5.74) is 7.89. The Balaban J connectivity index is 1.28. The van der Waals surface area contributed by atoms with Gasteiger partial charge in [-0.3, -0.25) is 14.6 Å². The number of nitrogens with zero attached hydrogens (tertiary/aromatic N) is 4. The van der Waals surface area contributed by atoms with E-state index in [1.54, 1.807) is 11.3 Å². The molecule has 1 fully saturated rings. The molecule has 0 amide bonds. The molecule has 6 nitrogen and oxygen atoms in total. The second kappa shape index (κ2) is 8.30. The van der Waals surface area contributed by atoms with Gasteiger partial charge in [0.05, 0.1) is 28.2 Å². The summed E-state index contributed by atoms with van der Waals surface area (Å²) in [4.78, 5) is 8.03. The zero-order chi connectivity index (χ0) is 23.7. The van der Waals surface area contributed by atoms with Gasteiger partial charge in [0.25, 0.3) is 0 Å². The van der Waals surface area contributed by atoms with E-state index in [9.17, 15) is 5.11 Å². The predicted octanol–water partition coefficient (Wildman–Crippen LogP) is 5.08. The molecule has 7 rings (SSSR count). The van der Waals surface area contributed by atoms with Crippen molar-refractivity contribution in [2.75, 3.05) is 13.1 Å². The number of rotatable bonds is 4. The Hall–Kier alpha value is -2.45. The summed E-state index contributed by atoms with van der Waals surface area (Å²) in [7, 11) is 2.06. The van der Waals surface area contributed by atoms with E-state index in [1.807, 2.05) is 30.5 Å². The van der Waals surface area contributed by atoms with Gasteiger partial charge in [0.1, 0.15) is 11.9 Å². The van der Waals surface area contributed by atoms with Crippen molar-refractivity contribution in [3.63, 3.8) is 0 Å². The van der Waals surface area contributed by atoms with E-state index in [2.05, 4.69) is 21.6 Å². The van der Waals surface area contributed by atoms with Crippen molar-refractivity contribution < 1.29 is 9.84 Å². The predicted molar refractivity (Wildman–Crippen MR) is 138 cm³/mol. The smallest absolute Gasteiger partial charge is 0.145 e. The number of aliphatic hydroxyl groups excluding tert-OH is 1. The average molecular weight is 507 g/mol. The number of aliphatic hydroxyl groups is 1. The maximum Gasteiger partial charge on any atom is 0.145 e. The summed E-state index contributed by atoms with van der Waals surface area (Å²) >= 11 is 8.20. The van der Waals surface area contributed by atoms with Crippen molar-refractivity contribution in [3.8, 4) is 16.9 Å². The third-order valence-corrected chi connectivity index (χ3v) is 9.21. The van der Waals surface area contributed by atoms with Crippen LogP contribution in [0.1, 0.15) is 46.3 Å². The van der Waals surface area contributed by atoms with Crippen molar-refractivity contribution in [2.45, 2.75) is 50.9 Å². The quantitative estimate of drug-likeness (QED) is 0.418. The van der Waals surface area contributed by atoms with Crippen LogP contribution in [0.2, 0.25) is 5.02 Å². The van der Waals surface area contributed by atoms with Gasteiger partial charge < -0.3 is 9.84 Å². The Labute approximate surface area is 213 Å². The van der Waals surface area contributed by atoms with E-state index in [0.29, 0.717) is 11.1 Å². The fraction of sp³-hybridized carbons (Fsp3) is 0.407. The molecule has 1 unspecified atom stereocenters. The summed E-state index contributed by atoms with van der Waals surface area (Å²) in [6, 6.07) is 8.63. The molecule has 180 valence electrons. The first kappa shape index (κ1) is 21.8. The monoisotopic (exact) mass is 506 g/mol. The van der Waals surface area contributed by atoms with E-state index in [1.165, 1.54) is 42.9 Å². The molecule has 2 aliphatic heterocycles. The molecule has 0 saturated carbocycles. The molecule has 1 N–H and O–H groups in total. The lowest BCUT2D eigenvalue weighted by Gasteiger charge is -2.40. The Morgan fingerprint density at radius 2 is 2.09 bits per heavy atom. The van der Waals surface area contributed by atoms with Crippen molar-refractivity contribution in [2.24, 2.45) is 7.05 Å². The average Bonchev–Trinajstić information content (AvgIpc) is 3.50. The lowest BCUT2D eigenvalue weighted by molar-refractivity contribution is 0.106. The highest BCUT2D eigenvalue weighted by atomic mass is 35.5. The first-order chi connectivity index (χ1) is 17.1. The highest BCUT2D eigenvalue weighted by Gasteiger charge is 2.37. The fourth-order valence-corrected chi connectivity index (χ4v) is 7.32. The standard InChI is InChI=1S/C27H27ClN4O2S/c1-31-25(21-12-17(32-7-2-8-32)3-4-22(21)30-31)24-10-15-9-16(28)11-20(26(15)34-24)19-5-6-29-23-13-18(14-33)35-27(19)23/h5-6,9,11,13,17,24,33H,2-4,7-8,10,12,14H2,1H3/t17?,24-/m1/s1. The van der Waals surface area contributed by atoms with Crippen molar-refractivity contribution in [1.29, 1.82) is 0 Å². The van der Waals surface area contributed by atoms with Crippen LogP contribution in [0.3, 0.4) is 0 Å². The second-order valence-corrected chi connectivity index (χ2v) is 11.5. The Morgan fingerprint density at radius 1 is 1.20 bits per heavy atom. The number of benzene rings is 1. The van der Waals surface area contributed by atoms with Crippen molar-refractivity contribution >= 4 is 33.2 Å². The summed E-state index contributed by atoms with van der Waals surface area (Å²) in [6.07, 6.45) is 7.15. The molecule has 3 aliphatic rings. The molecule has 1 aliphatic carbocycles. The summed E-state index contributed by atoms with van der Waals surface area (Å²) in [6.45, 7) is 2.46. The third kappa shape index (κ3) is 3.51. The van der Waals surface area contributed by atoms with Gasteiger partial charge in [0.15, 0.2) is 0 Å². The SMILES string of the molecule is Cn1nc2c(c1[C@H]1Cc3cc(Cl)cc(-c4ccnc5cc(CO)sc45)c3O1)CC(N1CCC1)CC2. The van der Waals surface area contributed by atoms with E-state index in [0.717, 1.165) is 56.8 Å². The molecule has 2 atom stereocenters. The van der Waals surface area contributed by atoms with Crippen LogP contribution < -0.4 is 4.74 Å². The molecule has 8 heteroatoms. The largest absolute Gasteiger partial charge is 0.483 e. The Kier molecular flexibility index (Phi) is 5.17. The lowest BCUT2D eigenvalue weighted by atomic mass is 9.87. The first-order valence-corrected chi connectivity index (χ1v) is 13.5. The van der Waals surface area contributed by atoms with Gasteiger partial charge in [-0.05, 0) is 63.0 Å². The number of likely N-dealkylation sites (tertiary alicyclic amines) is 1. The number of hydrogen-bond donors (Lipinski definition) is 1. The number of hydrogen-bond acceptors (Lipinski definition) is 6. The molecule has 1 saturated heterocycles. The summed E-state index contributed by atoms with van der Waals surface area (Å²) < 4.78 is 9.86. The Morgan fingerprint density at radius 3 is 2.89 bits per heavy atom. The molecule has 0 bridgehead atoms. The van der Waals surface area contributed by atoms with Crippen molar-refractivity contribution in [1.82, 2.24) is 19.7 Å². The highest BCUT2D eigenvalue weighted by Crippen LogP contribution is 2.48. The minimum atomic E-state index is -0.0766. The van der Waals surface area contributed by atoms with Crippen LogP contribution in [0, 0.1) is 0 Å². The van der Waals surface area contributed by atoms with Gasteiger partial charge in [-0.1, -0.05) is 11.6 Å². The highest BCUT2D eigenvalue weighted by molar-refractivity contribution is 7.19. The van der Waals surface area contributed by atoms with Gasteiger partial charge in [0.2, 0.25) is 0 Å². The van der Waals surface area contributed by atoms with Gasteiger partial charge in [-0.25, -0.2) is 0 Å². The van der Waals surface area contributed by atoms with Gasteiger partial charge in [0, 0.05) is 57.9 Å². The number of ether oxygens (including phenoxy) is 1. The van der Waals surface area contributed by atoms with Crippen LogP contribution in [0.5, 0.6) is 5.75 Å². The van der Waals surface area contributed by atoms with Crippen LogP contribution in [0.15, 0.2) is 30.5 Å². The molecular formula is C27H27ClN4O2S. The van der Waals surface area contributed by atoms with E-state index >= 15 is 0 Å². The number of pyridine rings is 1. The number of aryl methyl sites for hydroxylation is 2. The molecule has 0 spiro atoms. The molecular weight excluding hydrogens is 480 g/mol. The minimum absolute atomic E-state index is 0.0106. The number of halogens is 1. The number of aromatic nitrogens is 3. The molecule has 4 aromatic rings. The number of fused-ring (bicyclic) bond motifs is 3. The maximum absolute atomic E-state index is 9.66. The zero-order valence-electron chi connectivity index (χ0n) is 19.6. The van der Waals surface area contributed by atoms with E-state index < -0.39 is 0 Å². The first-order valence-electron chi connectivity index (χ1n) is 12.4. The van der Waals surface area contributed by atoms with Crippen molar-refractivity contribution in [3.05, 3.63) is 62.9 Å². The summed E-state index contributed by atoms with van der Waals surface area (Å²) in [5, 5.41) is 15.3. The molecule has 35 heavy (non-hydrogen) atoms. The van der Waals surface area contributed by atoms with Gasteiger partial charge in [-0.15, -0.1) is 11.3 Å². The normalized spacial score (nSPS) is 21.6. The van der Waals surface area contributed by atoms with Gasteiger partial charge in [-0.2, -0.15) is 5.10 Å². The van der Waals surface area contributed by atoms with Crippen LogP contribution in [0.4, 0.5) is 0 Å². The molecule has 1 aromatic carbocycles. The second-order valence-electron chi connectivity index (χ2n) is 9.92. The Bertz CT molecular complexity index is 1460. The van der Waals surface area contributed by atoms with Crippen LogP contribution >= 0.6 is 22.9 Å². The molecule has 0 radical (unpaired) electrons. The van der Waals surface area contributed by atoms with Crippen LogP contribution in [-0.2, 0) is 32.9 Å². The van der Waals surface area contributed by atoms with Gasteiger partial charge >= 0.3 is 0 Å². The third-order valence-electron chi connectivity index (χ3n) is 7.85. The van der Waals surface area contributed by atoms with E-state index in [4.69, 9.17) is 21.4 Å². The zero-order valence-corrected chi connectivity index (χ0v) is 21.2. The molecule has 3 aromatic heterocycles. The maximum atomic E-state index is 9.66. The minimum Gasteiger partial charge on any atom is -0.483 e. The summed E-state index contributed by atoms with van der Waals surface area (Å²) in [5.74, 6) is 0.899. The number of thiophene rings is 1. The van der Waals surface area contributed by atoms with Crippen LogP contribution in [-0.4, -0.2) is 43.9 Å². The van der Waals surface area contributed by atoms with Crippen LogP contribution in [0.25, 0.3) is 21.3 Å².